The average Bonchev–Trinajstić information content (AvgIpc) is 2.16. The van der Waals surface area contributed by atoms with Crippen LogP contribution in [0.25, 0.3) is 0 Å². The van der Waals surface area contributed by atoms with Crippen molar-refractivity contribution in [2.24, 2.45) is 0 Å². The SMILES string of the molecule is C=C(COC(C)=O)CN1CCOCC1. The summed E-state index contributed by atoms with van der Waals surface area (Å²) >= 11 is 0. The van der Waals surface area contributed by atoms with Gasteiger partial charge in [0.05, 0.1) is 13.2 Å². The van der Waals surface area contributed by atoms with Crippen molar-refractivity contribution in [3.05, 3.63) is 12.2 Å². The van der Waals surface area contributed by atoms with Gasteiger partial charge in [-0.2, -0.15) is 0 Å². The highest BCUT2D eigenvalue weighted by Gasteiger charge is 2.11. The van der Waals surface area contributed by atoms with E-state index in [2.05, 4.69) is 11.5 Å². The maximum Gasteiger partial charge on any atom is 0.302 e. The largest absolute Gasteiger partial charge is 0.461 e. The second-order valence-corrected chi connectivity index (χ2v) is 3.42. The average molecular weight is 199 g/mol. The third-order valence-corrected chi connectivity index (χ3v) is 2.03. The van der Waals surface area contributed by atoms with Gasteiger partial charge < -0.3 is 9.47 Å². The molecule has 0 aliphatic carbocycles. The molecule has 1 aliphatic heterocycles. The Kier molecular flexibility index (Phi) is 4.62. The minimum absolute atomic E-state index is 0.256. The van der Waals surface area contributed by atoms with Gasteiger partial charge in [0.1, 0.15) is 6.61 Å². The molecular formula is C10H17NO3. The van der Waals surface area contributed by atoms with Crippen LogP contribution in [0.2, 0.25) is 0 Å². The van der Waals surface area contributed by atoms with Gasteiger partial charge in [0.25, 0.3) is 0 Å². The van der Waals surface area contributed by atoms with Crippen LogP contribution >= 0.6 is 0 Å². The number of ether oxygens (including phenoxy) is 2. The van der Waals surface area contributed by atoms with Crippen molar-refractivity contribution in [2.75, 3.05) is 39.5 Å². The summed E-state index contributed by atoms with van der Waals surface area (Å²) in [5.74, 6) is -0.256. The zero-order chi connectivity index (χ0) is 10.4. The Labute approximate surface area is 84.5 Å². The van der Waals surface area contributed by atoms with E-state index in [1.165, 1.54) is 6.92 Å². The number of hydrogen-bond acceptors (Lipinski definition) is 4. The van der Waals surface area contributed by atoms with Crippen LogP contribution in [0, 0.1) is 0 Å². The Morgan fingerprint density at radius 3 is 2.71 bits per heavy atom. The fourth-order valence-electron chi connectivity index (χ4n) is 1.32. The van der Waals surface area contributed by atoms with E-state index in [4.69, 9.17) is 9.47 Å². The molecule has 0 aromatic heterocycles. The molecule has 80 valence electrons. The predicted octanol–water partition coefficient (Wildman–Crippen LogP) is 0.438. The summed E-state index contributed by atoms with van der Waals surface area (Å²) in [7, 11) is 0. The maximum atomic E-state index is 10.5. The maximum absolute atomic E-state index is 10.5. The number of rotatable bonds is 4. The van der Waals surface area contributed by atoms with E-state index in [-0.39, 0.29) is 5.97 Å². The van der Waals surface area contributed by atoms with Gasteiger partial charge in [-0.25, -0.2) is 0 Å². The van der Waals surface area contributed by atoms with E-state index in [9.17, 15) is 4.79 Å². The van der Waals surface area contributed by atoms with Crippen LogP contribution in [0.3, 0.4) is 0 Å². The summed E-state index contributed by atoms with van der Waals surface area (Å²) in [6, 6.07) is 0. The molecule has 4 nitrogen and oxygen atoms in total. The molecule has 1 heterocycles. The van der Waals surface area contributed by atoms with Crippen molar-refractivity contribution in [3.8, 4) is 0 Å². The number of hydrogen-bond donors (Lipinski definition) is 0. The van der Waals surface area contributed by atoms with Gasteiger partial charge in [-0.3, -0.25) is 9.69 Å². The van der Waals surface area contributed by atoms with Crippen LogP contribution in [0.5, 0.6) is 0 Å². The van der Waals surface area contributed by atoms with Crippen LogP contribution in [0.15, 0.2) is 12.2 Å². The van der Waals surface area contributed by atoms with Gasteiger partial charge in [0, 0.05) is 26.6 Å². The molecule has 4 heteroatoms. The molecule has 1 aliphatic rings. The molecule has 1 fully saturated rings. The summed E-state index contributed by atoms with van der Waals surface area (Å²) in [6.07, 6.45) is 0. The fraction of sp³-hybridized carbons (Fsp3) is 0.700. The van der Waals surface area contributed by atoms with Crippen LogP contribution in [-0.4, -0.2) is 50.3 Å². The molecular weight excluding hydrogens is 182 g/mol. The molecule has 0 N–H and O–H groups in total. The highest BCUT2D eigenvalue weighted by Crippen LogP contribution is 2.01. The Balaban J connectivity index is 2.15. The first-order chi connectivity index (χ1) is 6.68. The van der Waals surface area contributed by atoms with Gasteiger partial charge in [-0.05, 0) is 5.57 Å². The van der Waals surface area contributed by atoms with Gasteiger partial charge in [0.2, 0.25) is 0 Å². The van der Waals surface area contributed by atoms with E-state index < -0.39 is 0 Å². The molecule has 0 saturated carbocycles. The lowest BCUT2D eigenvalue weighted by molar-refractivity contribution is -0.140. The first-order valence-corrected chi connectivity index (χ1v) is 4.78. The topological polar surface area (TPSA) is 38.8 Å². The zero-order valence-electron chi connectivity index (χ0n) is 8.62. The number of esters is 1. The van der Waals surface area contributed by atoms with Gasteiger partial charge in [-0.1, -0.05) is 6.58 Å². The molecule has 0 bridgehead atoms. The summed E-state index contributed by atoms with van der Waals surface area (Å²) in [5, 5.41) is 0. The Morgan fingerprint density at radius 1 is 1.50 bits per heavy atom. The molecule has 14 heavy (non-hydrogen) atoms. The van der Waals surface area contributed by atoms with Crippen LogP contribution in [0.4, 0.5) is 0 Å². The van der Waals surface area contributed by atoms with E-state index >= 15 is 0 Å². The van der Waals surface area contributed by atoms with Crippen LogP contribution in [-0.2, 0) is 14.3 Å². The molecule has 1 rings (SSSR count). The lowest BCUT2D eigenvalue weighted by Crippen LogP contribution is -2.37. The summed E-state index contributed by atoms with van der Waals surface area (Å²) in [6.45, 7) is 9.80. The standard InChI is InChI=1S/C10H17NO3/c1-9(8-14-10(2)12)7-11-3-5-13-6-4-11/h1,3-8H2,2H3. The van der Waals surface area contributed by atoms with Gasteiger partial charge in [-0.15, -0.1) is 0 Å². The number of morpholine rings is 1. The van der Waals surface area contributed by atoms with E-state index in [0.717, 1.165) is 38.4 Å². The smallest absolute Gasteiger partial charge is 0.302 e. The molecule has 1 saturated heterocycles. The number of nitrogens with zero attached hydrogens (tertiary/aromatic N) is 1. The Hall–Kier alpha value is -0.870. The monoisotopic (exact) mass is 199 g/mol. The third-order valence-electron chi connectivity index (χ3n) is 2.03. The van der Waals surface area contributed by atoms with E-state index in [1.54, 1.807) is 0 Å². The van der Waals surface area contributed by atoms with Crippen molar-refractivity contribution in [1.29, 1.82) is 0 Å². The predicted molar refractivity (Wildman–Crippen MR) is 53.0 cm³/mol. The first kappa shape index (κ1) is 11.2. The fourth-order valence-corrected chi connectivity index (χ4v) is 1.32. The minimum atomic E-state index is -0.256. The summed E-state index contributed by atoms with van der Waals surface area (Å²) in [4.78, 5) is 12.8. The first-order valence-electron chi connectivity index (χ1n) is 4.78. The lowest BCUT2D eigenvalue weighted by atomic mass is 10.3. The van der Waals surface area contributed by atoms with Crippen molar-refractivity contribution in [3.63, 3.8) is 0 Å². The van der Waals surface area contributed by atoms with Gasteiger partial charge in [0.15, 0.2) is 0 Å². The van der Waals surface area contributed by atoms with Crippen molar-refractivity contribution >= 4 is 5.97 Å². The molecule has 0 radical (unpaired) electrons. The summed E-state index contributed by atoms with van der Waals surface area (Å²) < 4.78 is 10.1. The highest BCUT2D eigenvalue weighted by atomic mass is 16.5. The van der Waals surface area contributed by atoms with Crippen LogP contribution < -0.4 is 0 Å². The van der Waals surface area contributed by atoms with Crippen LogP contribution in [0.1, 0.15) is 6.92 Å². The van der Waals surface area contributed by atoms with E-state index in [1.807, 2.05) is 0 Å². The molecule has 0 unspecified atom stereocenters. The Bertz CT molecular complexity index is 209. The molecule has 0 amide bonds. The van der Waals surface area contributed by atoms with Crippen molar-refractivity contribution < 1.29 is 14.3 Å². The Morgan fingerprint density at radius 2 is 2.14 bits per heavy atom. The second kappa shape index (κ2) is 5.78. The molecule has 0 spiro atoms. The van der Waals surface area contributed by atoms with Gasteiger partial charge >= 0.3 is 5.97 Å². The molecule has 0 atom stereocenters. The molecule has 0 aromatic carbocycles. The lowest BCUT2D eigenvalue weighted by Gasteiger charge is -2.27. The minimum Gasteiger partial charge on any atom is -0.461 e. The van der Waals surface area contributed by atoms with Crippen molar-refractivity contribution in [2.45, 2.75) is 6.92 Å². The highest BCUT2D eigenvalue weighted by molar-refractivity contribution is 5.66. The third kappa shape index (κ3) is 4.39. The molecule has 0 aromatic rings. The van der Waals surface area contributed by atoms with Crippen molar-refractivity contribution in [1.82, 2.24) is 4.90 Å². The normalized spacial score (nSPS) is 17.8. The number of carbonyl (C=O) groups is 1. The quantitative estimate of drug-likeness (QED) is 0.486. The zero-order valence-corrected chi connectivity index (χ0v) is 8.62. The second-order valence-electron chi connectivity index (χ2n) is 3.42. The number of carbonyl (C=O) groups excluding carboxylic acids is 1. The summed E-state index contributed by atoms with van der Waals surface area (Å²) in [5.41, 5.74) is 0.933. The van der Waals surface area contributed by atoms with E-state index in [0.29, 0.717) is 6.61 Å².